The van der Waals surface area contributed by atoms with E-state index in [1.54, 1.807) is 12.1 Å². The van der Waals surface area contributed by atoms with Gasteiger partial charge in [-0.1, -0.05) is 12.1 Å². The Balaban J connectivity index is 2.10. The van der Waals surface area contributed by atoms with Gasteiger partial charge in [0.25, 0.3) is 5.91 Å². The lowest BCUT2D eigenvalue weighted by Gasteiger charge is -2.16. The summed E-state index contributed by atoms with van der Waals surface area (Å²) in [5.74, 6) is -0.359. The van der Waals surface area contributed by atoms with Crippen molar-refractivity contribution in [2.45, 2.75) is 18.9 Å². The number of esters is 1. The molecule has 2 rings (SSSR count). The zero-order valence-electron chi connectivity index (χ0n) is 9.98. The van der Waals surface area contributed by atoms with Crippen LogP contribution >= 0.6 is 22.6 Å². The third-order valence-corrected chi connectivity index (χ3v) is 3.89. The van der Waals surface area contributed by atoms with Crippen LogP contribution < -0.4 is 5.32 Å². The van der Waals surface area contributed by atoms with Crippen LogP contribution in [0.4, 0.5) is 0 Å². The van der Waals surface area contributed by atoms with E-state index in [9.17, 15) is 9.59 Å². The molecule has 1 fully saturated rings. The zero-order chi connectivity index (χ0) is 13.1. The number of hydrogen-bond donors (Lipinski definition) is 1. The molecule has 0 bridgehead atoms. The number of carbonyl (C=O) groups is 2. The predicted octanol–water partition coefficient (Wildman–Crippen LogP) is 1.97. The van der Waals surface area contributed by atoms with Crippen molar-refractivity contribution in [1.82, 2.24) is 5.32 Å². The molecule has 1 aromatic carbocycles. The maximum Gasteiger partial charge on any atom is 0.328 e. The van der Waals surface area contributed by atoms with E-state index < -0.39 is 6.04 Å². The summed E-state index contributed by atoms with van der Waals surface area (Å²) in [6.07, 6.45) is 1.93. The fourth-order valence-electron chi connectivity index (χ4n) is 1.79. The molecule has 5 heteroatoms. The summed E-state index contributed by atoms with van der Waals surface area (Å²) in [5, 5.41) is 2.77. The topological polar surface area (TPSA) is 55.4 Å². The third kappa shape index (κ3) is 3.01. The van der Waals surface area contributed by atoms with Crippen LogP contribution in [0.15, 0.2) is 24.3 Å². The maximum atomic E-state index is 12.1. The van der Waals surface area contributed by atoms with Crippen molar-refractivity contribution in [1.29, 1.82) is 0 Å². The zero-order valence-corrected chi connectivity index (χ0v) is 12.1. The van der Waals surface area contributed by atoms with Crippen molar-refractivity contribution in [2.24, 2.45) is 5.92 Å². The highest BCUT2D eigenvalue weighted by Gasteiger charge is 2.38. The SMILES string of the molecule is COC(=O)C(NC(=O)c1ccccc1I)C1CC1. The van der Waals surface area contributed by atoms with Gasteiger partial charge >= 0.3 is 5.97 Å². The Morgan fingerprint density at radius 1 is 1.39 bits per heavy atom. The first kappa shape index (κ1) is 13.3. The van der Waals surface area contributed by atoms with Crippen molar-refractivity contribution in [2.75, 3.05) is 7.11 Å². The van der Waals surface area contributed by atoms with Crippen LogP contribution in [0.5, 0.6) is 0 Å². The van der Waals surface area contributed by atoms with Crippen LogP contribution in [-0.2, 0) is 9.53 Å². The number of hydrogen-bond acceptors (Lipinski definition) is 3. The molecule has 1 amide bonds. The van der Waals surface area contributed by atoms with Gasteiger partial charge in [0.05, 0.1) is 12.7 Å². The summed E-state index contributed by atoms with van der Waals surface area (Å²) in [4.78, 5) is 23.7. The van der Waals surface area contributed by atoms with Crippen molar-refractivity contribution in [3.8, 4) is 0 Å². The smallest absolute Gasteiger partial charge is 0.328 e. The van der Waals surface area contributed by atoms with E-state index in [0.717, 1.165) is 16.4 Å². The minimum atomic E-state index is -0.515. The van der Waals surface area contributed by atoms with Gasteiger partial charge in [-0.05, 0) is 53.5 Å². The van der Waals surface area contributed by atoms with Crippen LogP contribution in [0.25, 0.3) is 0 Å². The van der Waals surface area contributed by atoms with E-state index >= 15 is 0 Å². The second-order valence-electron chi connectivity index (χ2n) is 4.29. The summed E-state index contributed by atoms with van der Waals surface area (Å²) < 4.78 is 5.59. The first-order valence-electron chi connectivity index (χ1n) is 5.76. The lowest BCUT2D eigenvalue weighted by atomic mass is 10.1. The van der Waals surface area contributed by atoms with E-state index in [4.69, 9.17) is 4.74 Å². The molecule has 1 aliphatic carbocycles. The first-order valence-corrected chi connectivity index (χ1v) is 6.84. The summed E-state index contributed by atoms with van der Waals surface area (Å²) in [6, 6.07) is 6.77. The molecule has 1 atom stereocenters. The molecule has 1 aromatic rings. The van der Waals surface area contributed by atoms with E-state index in [-0.39, 0.29) is 17.8 Å². The van der Waals surface area contributed by atoms with Gasteiger partial charge in [0.1, 0.15) is 6.04 Å². The minimum absolute atomic E-state index is 0.220. The van der Waals surface area contributed by atoms with Crippen molar-refractivity contribution in [3.63, 3.8) is 0 Å². The van der Waals surface area contributed by atoms with Gasteiger partial charge in [0.15, 0.2) is 0 Å². The average molecular weight is 359 g/mol. The fourth-order valence-corrected chi connectivity index (χ4v) is 2.42. The number of halogens is 1. The molecular formula is C13H14INO3. The highest BCUT2D eigenvalue weighted by molar-refractivity contribution is 14.1. The van der Waals surface area contributed by atoms with E-state index in [1.807, 2.05) is 12.1 Å². The molecule has 1 aliphatic rings. The molecule has 0 aliphatic heterocycles. The predicted molar refractivity (Wildman–Crippen MR) is 75.2 cm³/mol. The largest absolute Gasteiger partial charge is 0.467 e. The lowest BCUT2D eigenvalue weighted by molar-refractivity contribution is -0.143. The third-order valence-electron chi connectivity index (χ3n) is 2.95. The molecule has 0 spiro atoms. The number of nitrogens with one attached hydrogen (secondary N) is 1. The van der Waals surface area contributed by atoms with Crippen molar-refractivity contribution < 1.29 is 14.3 Å². The Hall–Kier alpha value is -1.11. The monoisotopic (exact) mass is 359 g/mol. The molecular weight excluding hydrogens is 345 g/mol. The quantitative estimate of drug-likeness (QED) is 0.661. The van der Waals surface area contributed by atoms with Crippen LogP contribution in [0.2, 0.25) is 0 Å². The van der Waals surface area contributed by atoms with Gasteiger partial charge in [-0.3, -0.25) is 4.79 Å². The molecule has 1 N–H and O–H groups in total. The van der Waals surface area contributed by atoms with Crippen LogP contribution in [0.1, 0.15) is 23.2 Å². The summed E-state index contributed by atoms with van der Waals surface area (Å²) >= 11 is 2.10. The van der Waals surface area contributed by atoms with Gasteiger partial charge in [-0.2, -0.15) is 0 Å². The molecule has 0 saturated heterocycles. The number of methoxy groups -OCH3 is 1. The summed E-state index contributed by atoms with van der Waals surface area (Å²) in [7, 11) is 1.34. The second-order valence-corrected chi connectivity index (χ2v) is 5.45. The second kappa shape index (κ2) is 5.69. The number of amides is 1. The molecule has 96 valence electrons. The molecule has 1 saturated carbocycles. The minimum Gasteiger partial charge on any atom is -0.467 e. The van der Waals surface area contributed by atoms with Crippen LogP contribution in [0.3, 0.4) is 0 Å². The highest BCUT2D eigenvalue weighted by Crippen LogP contribution is 2.33. The maximum absolute atomic E-state index is 12.1. The number of benzene rings is 1. The van der Waals surface area contributed by atoms with Crippen molar-refractivity contribution in [3.05, 3.63) is 33.4 Å². The molecule has 4 nitrogen and oxygen atoms in total. The number of rotatable bonds is 4. The molecule has 0 radical (unpaired) electrons. The van der Waals surface area contributed by atoms with Gasteiger partial charge in [-0.25, -0.2) is 4.79 Å². The molecule has 0 aromatic heterocycles. The Kier molecular flexibility index (Phi) is 4.21. The van der Waals surface area contributed by atoms with Gasteiger partial charge in [0, 0.05) is 3.57 Å². The Morgan fingerprint density at radius 3 is 2.61 bits per heavy atom. The Labute approximate surface area is 119 Å². The first-order chi connectivity index (χ1) is 8.63. The normalized spacial score (nSPS) is 15.9. The summed E-state index contributed by atoms with van der Waals surface area (Å²) in [5.41, 5.74) is 0.590. The number of ether oxygens (including phenoxy) is 1. The van der Waals surface area contributed by atoms with Gasteiger partial charge in [0.2, 0.25) is 0 Å². The molecule has 0 heterocycles. The number of carbonyl (C=O) groups excluding carboxylic acids is 2. The van der Waals surface area contributed by atoms with E-state index in [1.165, 1.54) is 7.11 Å². The van der Waals surface area contributed by atoms with Gasteiger partial charge < -0.3 is 10.1 Å². The van der Waals surface area contributed by atoms with Crippen molar-refractivity contribution >= 4 is 34.5 Å². The standard InChI is InChI=1S/C13H14INO3/c1-18-13(17)11(8-6-7-8)15-12(16)9-4-2-3-5-10(9)14/h2-5,8,11H,6-7H2,1H3,(H,15,16). The fraction of sp³-hybridized carbons (Fsp3) is 0.385. The Bertz CT molecular complexity index is 471. The Morgan fingerprint density at radius 2 is 2.06 bits per heavy atom. The molecule has 18 heavy (non-hydrogen) atoms. The van der Waals surface area contributed by atoms with E-state index in [2.05, 4.69) is 27.9 Å². The van der Waals surface area contributed by atoms with Gasteiger partial charge in [-0.15, -0.1) is 0 Å². The van der Waals surface area contributed by atoms with Crippen LogP contribution in [-0.4, -0.2) is 25.0 Å². The van der Waals surface area contributed by atoms with Crippen LogP contribution in [0, 0.1) is 9.49 Å². The van der Waals surface area contributed by atoms with E-state index in [0.29, 0.717) is 5.56 Å². The summed E-state index contributed by atoms with van der Waals surface area (Å²) in [6.45, 7) is 0. The molecule has 1 unspecified atom stereocenters. The lowest BCUT2D eigenvalue weighted by Crippen LogP contribution is -2.43. The average Bonchev–Trinajstić information content (AvgIpc) is 3.19. The highest BCUT2D eigenvalue weighted by atomic mass is 127.